The highest BCUT2D eigenvalue weighted by molar-refractivity contribution is 5.86. The van der Waals surface area contributed by atoms with Crippen molar-refractivity contribution >= 4 is 29.4 Å². The Bertz CT molecular complexity index is 1160. The Hall–Kier alpha value is -3.69. The fraction of sp³-hybridized carbons (Fsp3) is 0.235. The van der Waals surface area contributed by atoms with Crippen LogP contribution in [0.25, 0.3) is 17.2 Å². The van der Waals surface area contributed by atoms with Gasteiger partial charge in [-0.2, -0.15) is 5.10 Å². The molecule has 3 rings (SSSR count). The van der Waals surface area contributed by atoms with Gasteiger partial charge < -0.3 is 8.98 Å². The van der Waals surface area contributed by atoms with Crippen molar-refractivity contribution in [3.05, 3.63) is 56.9 Å². The van der Waals surface area contributed by atoms with Crippen molar-refractivity contribution in [2.45, 2.75) is 13.5 Å². The summed E-state index contributed by atoms with van der Waals surface area (Å²) in [4.78, 5) is 40.4. The van der Waals surface area contributed by atoms with Crippen molar-refractivity contribution in [3.63, 3.8) is 0 Å². The first-order valence-electron chi connectivity index (χ1n) is 8.03. The minimum atomic E-state index is -0.515. The summed E-state index contributed by atoms with van der Waals surface area (Å²) >= 11 is 0. The Morgan fingerprint density at radius 3 is 2.81 bits per heavy atom. The minimum absolute atomic E-state index is 0.164. The molecular weight excluding hydrogens is 352 g/mol. The van der Waals surface area contributed by atoms with E-state index in [0.29, 0.717) is 5.76 Å². The van der Waals surface area contributed by atoms with Crippen LogP contribution in [0.5, 0.6) is 0 Å². The number of aromatic nitrogens is 4. The topological polar surface area (TPSA) is 116 Å². The highest BCUT2D eigenvalue weighted by Gasteiger charge is 2.15. The van der Waals surface area contributed by atoms with E-state index in [-0.39, 0.29) is 17.7 Å². The zero-order valence-electron chi connectivity index (χ0n) is 15.0. The largest absolute Gasteiger partial charge is 0.465 e. The fourth-order valence-corrected chi connectivity index (χ4v) is 2.55. The van der Waals surface area contributed by atoms with E-state index in [1.807, 2.05) is 6.92 Å². The maximum Gasteiger partial charge on any atom is 0.332 e. The summed E-state index contributed by atoms with van der Waals surface area (Å²) in [7, 11) is 2.89. The van der Waals surface area contributed by atoms with Crippen molar-refractivity contribution in [2.75, 3.05) is 0 Å². The van der Waals surface area contributed by atoms with Crippen LogP contribution in [-0.4, -0.2) is 30.8 Å². The van der Waals surface area contributed by atoms with E-state index in [9.17, 15) is 14.4 Å². The smallest absolute Gasteiger partial charge is 0.332 e. The Morgan fingerprint density at radius 2 is 2.11 bits per heavy atom. The third-order valence-electron chi connectivity index (χ3n) is 3.90. The molecule has 3 aromatic rings. The lowest BCUT2D eigenvalue weighted by atomic mass is 10.3. The van der Waals surface area contributed by atoms with E-state index < -0.39 is 17.2 Å². The summed E-state index contributed by atoms with van der Waals surface area (Å²) in [6.45, 7) is 1.65. The predicted octanol–water partition coefficient (Wildman–Crippen LogP) is 0.232. The van der Waals surface area contributed by atoms with E-state index in [1.54, 1.807) is 24.5 Å². The van der Waals surface area contributed by atoms with Gasteiger partial charge in [0.05, 0.1) is 18.8 Å². The number of rotatable bonds is 5. The Labute approximate surface area is 153 Å². The molecule has 0 saturated heterocycles. The summed E-state index contributed by atoms with van der Waals surface area (Å²) in [6, 6.07) is 3.57. The molecule has 10 heteroatoms. The molecule has 0 radical (unpaired) electrons. The molecule has 0 bridgehead atoms. The first-order valence-corrected chi connectivity index (χ1v) is 8.03. The number of hydrogen-bond acceptors (Lipinski definition) is 6. The number of imidazole rings is 1. The molecule has 0 aliphatic rings. The van der Waals surface area contributed by atoms with Crippen LogP contribution in [0.3, 0.4) is 0 Å². The third kappa shape index (κ3) is 3.64. The Balaban J connectivity index is 1.74. The van der Waals surface area contributed by atoms with Crippen molar-refractivity contribution in [2.24, 2.45) is 19.2 Å². The molecule has 3 heterocycles. The van der Waals surface area contributed by atoms with Gasteiger partial charge in [0.2, 0.25) is 0 Å². The summed E-state index contributed by atoms with van der Waals surface area (Å²) in [6.07, 6.45) is 6.16. The van der Waals surface area contributed by atoms with Gasteiger partial charge in [-0.25, -0.2) is 15.2 Å². The summed E-state index contributed by atoms with van der Waals surface area (Å²) in [5, 5.41) is 3.88. The van der Waals surface area contributed by atoms with Crippen LogP contribution in [0.4, 0.5) is 0 Å². The predicted molar refractivity (Wildman–Crippen MR) is 99.2 cm³/mol. The third-order valence-corrected chi connectivity index (χ3v) is 3.90. The number of amides is 1. The van der Waals surface area contributed by atoms with Gasteiger partial charge in [-0.1, -0.05) is 0 Å². The van der Waals surface area contributed by atoms with Crippen LogP contribution < -0.4 is 16.7 Å². The van der Waals surface area contributed by atoms with E-state index in [2.05, 4.69) is 15.5 Å². The number of hydrazone groups is 1. The van der Waals surface area contributed by atoms with Gasteiger partial charge in [-0.15, -0.1) is 0 Å². The second-order valence-electron chi connectivity index (χ2n) is 5.95. The maximum atomic E-state index is 12.3. The van der Waals surface area contributed by atoms with Crippen molar-refractivity contribution in [1.82, 2.24) is 24.1 Å². The SMILES string of the molecule is C/C(C=NNC(=O)Cn1cnc2c1c(=O)n(C)c(=O)n2C)=C\c1ccco1. The number of nitrogens with one attached hydrogen (secondary N) is 1. The van der Waals surface area contributed by atoms with Crippen LogP contribution >= 0.6 is 0 Å². The molecule has 0 atom stereocenters. The molecule has 0 aromatic carbocycles. The van der Waals surface area contributed by atoms with E-state index >= 15 is 0 Å². The van der Waals surface area contributed by atoms with E-state index in [4.69, 9.17) is 4.42 Å². The standard InChI is InChI=1S/C17H18N6O4/c1-11(7-12-5-4-6-27-12)8-19-20-13(24)9-23-10-18-15-14(23)16(25)22(3)17(26)21(15)2/h4-8,10H,9H2,1-3H3,(H,20,24)/b11-7+,19-8?. The molecule has 0 spiro atoms. The molecular formula is C17H18N6O4. The maximum absolute atomic E-state index is 12.3. The molecule has 27 heavy (non-hydrogen) atoms. The number of carbonyl (C=O) groups excluding carboxylic acids is 1. The van der Waals surface area contributed by atoms with Gasteiger partial charge in [0.25, 0.3) is 11.5 Å². The number of nitrogens with zero attached hydrogens (tertiary/aromatic N) is 5. The summed E-state index contributed by atoms with van der Waals surface area (Å²) in [5.41, 5.74) is 2.57. The van der Waals surface area contributed by atoms with Crippen LogP contribution in [0.1, 0.15) is 12.7 Å². The van der Waals surface area contributed by atoms with Crippen LogP contribution in [0.2, 0.25) is 0 Å². The molecule has 0 fully saturated rings. The van der Waals surface area contributed by atoms with E-state index in [1.165, 1.54) is 35.8 Å². The van der Waals surface area contributed by atoms with E-state index in [0.717, 1.165) is 10.1 Å². The zero-order chi connectivity index (χ0) is 19.6. The number of carbonyl (C=O) groups is 1. The molecule has 3 aromatic heterocycles. The first kappa shape index (κ1) is 18.1. The lowest BCUT2D eigenvalue weighted by Gasteiger charge is -2.05. The lowest BCUT2D eigenvalue weighted by molar-refractivity contribution is -0.121. The molecule has 10 nitrogen and oxygen atoms in total. The van der Waals surface area contributed by atoms with Crippen molar-refractivity contribution in [1.29, 1.82) is 0 Å². The van der Waals surface area contributed by atoms with Gasteiger partial charge in [-0.05, 0) is 30.7 Å². The van der Waals surface area contributed by atoms with Gasteiger partial charge in [0, 0.05) is 14.1 Å². The van der Waals surface area contributed by atoms with Gasteiger partial charge in [0.1, 0.15) is 12.3 Å². The number of aryl methyl sites for hydroxylation is 1. The normalized spacial score (nSPS) is 12.2. The number of furan rings is 1. The number of fused-ring (bicyclic) bond motifs is 1. The van der Waals surface area contributed by atoms with Crippen LogP contribution in [-0.2, 0) is 25.4 Å². The summed E-state index contributed by atoms with van der Waals surface area (Å²) < 4.78 is 8.80. The molecule has 0 saturated carbocycles. The monoisotopic (exact) mass is 370 g/mol. The molecule has 0 aliphatic heterocycles. The highest BCUT2D eigenvalue weighted by Crippen LogP contribution is 2.06. The average Bonchev–Trinajstić information content (AvgIpc) is 3.28. The number of hydrogen-bond donors (Lipinski definition) is 1. The summed E-state index contributed by atoms with van der Waals surface area (Å²) in [5.74, 6) is 0.240. The second kappa shape index (κ2) is 7.28. The quantitative estimate of drug-likeness (QED) is 0.510. The lowest BCUT2D eigenvalue weighted by Crippen LogP contribution is -2.38. The van der Waals surface area contributed by atoms with Crippen LogP contribution in [0, 0.1) is 0 Å². The average molecular weight is 370 g/mol. The zero-order valence-corrected chi connectivity index (χ0v) is 15.0. The molecule has 1 N–H and O–H groups in total. The van der Waals surface area contributed by atoms with Gasteiger partial charge >= 0.3 is 5.69 Å². The molecule has 0 unspecified atom stereocenters. The highest BCUT2D eigenvalue weighted by atomic mass is 16.3. The fourth-order valence-electron chi connectivity index (χ4n) is 2.55. The first-order chi connectivity index (χ1) is 12.9. The molecule has 0 aliphatic carbocycles. The Kier molecular flexibility index (Phi) is 4.88. The van der Waals surface area contributed by atoms with Crippen molar-refractivity contribution < 1.29 is 9.21 Å². The number of allylic oxidation sites excluding steroid dienone is 1. The Morgan fingerprint density at radius 1 is 1.33 bits per heavy atom. The molecule has 140 valence electrons. The van der Waals surface area contributed by atoms with Gasteiger partial charge in [0.15, 0.2) is 11.2 Å². The minimum Gasteiger partial charge on any atom is -0.465 e. The van der Waals surface area contributed by atoms with Gasteiger partial charge in [-0.3, -0.25) is 18.7 Å². The second-order valence-corrected chi connectivity index (χ2v) is 5.95. The molecule has 1 amide bonds. The van der Waals surface area contributed by atoms with Crippen molar-refractivity contribution in [3.8, 4) is 0 Å². The van der Waals surface area contributed by atoms with Crippen LogP contribution in [0.15, 0.2) is 49.4 Å².